The number of aromatic amines is 1. The van der Waals surface area contributed by atoms with Crippen molar-refractivity contribution in [2.24, 2.45) is 0 Å². The topological polar surface area (TPSA) is 101 Å². The summed E-state index contributed by atoms with van der Waals surface area (Å²) in [7, 11) is 0. The average molecular weight is 428 g/mol. The van der Waals surface area contributed by atoms with Gasteiger partial charge in [0.15, 0.2) is 5.69 Å². The van der Waals surface area contributed by atoms with Gasteiger partial charge >= 0.3 is 5.69 Å². The maximum absolute atomic E-state index is 13.2. The summed E-state index contributed by atoms with van der Waals surface area (Å²) in [5, 5.41) is 2.12. The first-order valence-electron chi connectivity index (χ1n) is 10.4. The molecule has 7 nitrogen and oxygen atoms in total. The van der Waals surface area contributed by atoms with Crippen LogP contribution < -0.4 is 21.9 Å². The third kappa shape index (κ3) is 4.18. The van der Waals surface area contributed by atoms with Crippen molar-refractivity contribution in [3.05, 3.63) is 105 Å². The number of benzene rings is 3. The van der Waals surface area contributed by atoms with Crippen LogP contribution in [0, 0.1) is 0 Å². The predicted octanol–water partition coefficient (Wildman–Crippen LogP) is 2.92. The standard InChI is InChI=1S/C25H24N4O3/c1-2-28(21(30)15-18-12-13-19-10-6-7-11-20(19)14-18)22-23(26)29(25(32)27-24(22)31)16-17-8-4-3-5-9-17/h3-14H,2,15-16,26H2,1H3,(H,27,31,32). The number of rotatable bonds is 6. The maximum atomic E-state index is 13.2. The summed E-state index contributed by atoms with van der Waals surface area (Å²) in [6.07, 6.45) is 0.107. The minimum atomic E-state index is -0.675. The van der Waals surface area contributed by atoms with Crippen LogP contribution in [0.25, 0.3) is 10.8 Å². The van der Waals surface area contributed by atoms with E-state index in [1.54, 1.807) is 6.92 Å². The third-order valence-electron chi connectivity index (χ3n) is 5.45. The zero-order valence-corrected chi connectivity index (χ0v) is 17.7. The van der Waals surface area contributed by atoms with Gasteiger partial charge in [-0.15, -0.1) is 0 Å². The van der Waals surface area contributed by atoms with E-state index in [1.165, 1.54) is 9.47 Å². The Bertz CT molecular complexity index is 1390. The molecule has 162 valence electrons. The summed E-state index contributed by atoms with van der Waals surface area (Å²) in [6, 6.07) is 23.0. The largest absolute Gasteiger partial charge is 0.383 e. The number of H-pyrrole nitrogens is 1. The van der Waals surface area contributed by atoms with E-state index in [1.807, 2.05) is 72.8 Å². The van der Waals surface area contributed by atoms with Crippen LogP contribution in [0.3, 0.4) is 0 Å². The Morgan fingerprint density at radius 2 is 1.62 bits per heavy atom. The second-order valence-corrected chi connectivity index (χ2v) is 7.56. The lowest BCUT2D eigenvalue weighted by Crippen LogP contribution is -2.41. The Kier molecular flexibility index (Phi) is 5.89. The van der Waals surface area contributed by atoms with Gasteiger partial charge in [0.05, 0.1) is 13.0 Å². The number of aromatic nitrogens is 2. The summed E-state index contributed by atoms with van der Waals surface area (Å²) >= 11 is 0. The minimum Gasteiger partial charge on any atom is -0.383 e. The highest BCUT2D eigenvalue weighted by atomic mass is 16.2. The Morgan fingerprint density at radius 1 is 0.938 bits per heavy atom. The zero-order valence-electron chi connectivity index (χ0n) is 17.7. The highest BCUT2D eigenvalue weighted by Crippen LogP contribution is 2.20. The highest BCUT2D eigenvalue weighted by Gasteiger charge is 2.23. The van der Waals surface area contributed by atoms with Crippen LogP contribution in [-0.2, 0) is 17.8 Å². The molecule has 0 aliphatic rings. The number of nitrogens with zero attached hydrogens (tertiary/aromatic N) is 2. The molecule has 0 saturated carbocycles. The lowest BCUT2D eigenvalue weighted by atomic mass is 10.0. The fraction of sp³-hybridized carbons (Fsp3) is 0.160. The second-order valence-electron chi connectivity index (χ2n) is 7.56. The van der Waals surface area contributed by atoms with Gasteiger partial charge in [0, 0.05) is 6.54 Å². The monoisotopic (exact) mass is 428 g/mol. The van der Waals surface area contributed by atoms with Gasteiger partial charge in [-0.2, -0.15) is 0 Å². The number of nitrogens with one attached hydrogen (secondary N) is 1. The van der Waals surface area contributed by atoms with Gasteiger partial charge in [-0.25, -0.2) is 4.79 Å². The first kappa shape index (κ1) is 21.1. The fourth-order valence-corrected chi connectivity index (χ4v) is 3.84. The molecule has 1 amide bonds. The van der Waals surface area contributed by atoms with Crippen LogP contribution in [0.2, 0.25) is 0 Å². The van der Waals surface area contributed by atoms with E-state index in [9.17, 15) is 14.4 Å². The van der Waals surface area contributed by atoms with E-state index in [4.69, 9.17) is 5.73 Å². The Morgan fingerprint density at radius 3 is 2.34 bits per heavy atom. The van der Waals surface area contributed by atoms with Gasteiger partial charge in [0.1, 0.15) is 5.82 Å². The van der Waals surface area contributed by atoms with E-state index < -0.39 is 11.2 Å². The number of hydrogen-bond donors (Lipinski definition) is 2. The SMILES string of the molecule is CCN(C(=O)Cc1ccc2ccccc2c1)c1c(N)n(Cc2ccccc2)c(=O)[nH]c1=O. The average Bonchev–Trinajstić information content (AvgIpc) is 2.80. The summed E-state index contributed by atoms with van der Waals surface area (Å²) in [4.78, 5) is 41.9. The molecular formula is C25H24N4O3. The van der Waals surface area contributed by atoms with Crippen molar-refractivity contribution in [2.75, 3.05) is 17.2 Å². The third-order valence-corrected chi connectivity index (χ3v) is 5.45. The normalized spacial score (nSPS) is 10.9. The molecule has 0 unspecified atom stereocenters. The molecule has 0 radical (unpaired) electrons. The molecule has 0 fully saturated rings. The van der Waals surface area contributed by atoms with E-state index >= 15 is 0 Å². The van der Waals surface area contributed by atoms with E-state index in [0.29, 0.717) is 0 Å². The summed E-state index contributed by atoms with van der Waals surface area (Å²) in [6.45, 7) is 2.19. The summed E-state index contributed by atoms with van der Waals surface area (Å²) < 4.78 is 1.28. The molecule has 4 aromatic rings. The first-order chi connectivity index (χ1) is 15.5. The fourth-order valence-electron chi connectivity index (χ4n) is 3.84. The van der Waals surface area contributed by atoms with Gasteiger partial charge in [0.25, 0.3) is 5.56 Å². The summed E-state index contributed by atoms with van der Waals surface area (Å²) in [5.41, 5.74) is 6.65. The molecule has 0 bridgehead atoms. The smallest absolute Gasteiger partial charge is 0.330 e. The number of carbonyl (C=O) groups excluding carboxylic acids is 1. The maximum Gasteiger partial charge on any atom is 0.330 e. The molecule has 0 aliphatic heterocycles. The molecule has 4 rings (SSSR count). The van der Waals surface area contributed by atoms with Crippen molar-refractivity contribution in [1.29, 1.82) is 0 Å². The number of nitrogens with two attached hydrogens (primary N) is 1. The van der Waals surface area contributed by atoms with E-state index in [-0.39, 0.29) is 36.9 Å². The zero-order chi connectivity index (χ0) is 22.7. The lowest BCUT2D eigenvalue weighted by Gasteiger charge is -2.23. The molecule has 1 heterocycles. The quantitative estimate of drug-likeness (QED) is 0.493. The lowest BCUT2D eigenvalue weighted by molar-refractivity contribution is -0.117. The van der Waals surface area contributed by atoms with Crippen molar-refractivity contribution < 1.29 is 4.79 Å². The molecule has 32 heavy (non-hydrogen) atoms. The van der Waals surface area contributed by atoms with Crippen molar-refractivity contribution in [3.63, 3.8) is 0 Å². The van der Waals surface area contributed by atoms with Gasteiger partial charge in [0.2, 0.25) is 5.91 Å². The van der Waals surface area contributed by atoms with Crippen molar-refractivity contribution >= 4 is 28.2 Å². The molecular weight excluding hydrogens is 404 g/mol. The van der Waals surface area contributed by atoms with Gasteiger partial charge < -0.3 is 10.6 Å². The number of likely N-dealkylation sites (N-methyl/N-ethyl adjacent to an activating group) is 1. The number of amides is 1. The van der Waals surface area contributed by atoms with Crippen LogP contribution in [0.15, 0.2) is 82.4 Å². The number of hydrogen-bond acceptors (Lipinski definition) is 4. The van der Waals surface area contributed by atoms with E-state index in [2.05, 4.69) is 4.98 Å². The van der Waals surface area contributed by atoms with Crippen molar-refractivity contribution in [1.82, 2.24) is 9.55 Å². The summed E-state index contributed by atoms with van der Waals surface area (Å²) in [5.74, 6) is -0.304. The molecule has 0 saturated heterocycles. The molecule has 7 heteroatoms. The van der Waals surface area contributed by atoms with E-state index in [0.717, 1.165) is 21.9 Å². The molecule has 0 spiro atoms. The van der Waals surface area contributed by atoms with Crippen LogP contribution >= 0.6 is 0 Å². The molecule has 0 aliphatic carbocycles. The van der Waals surface area contributed by atoms with Crippen LogP contribution in [-0.4, -0.2) is 22.0 Å². The van der Waals surface area contributed by atoms with Gasteiger partial charge in [-0.05, 0) is 28.8 Å². The number of anilines is 2. The van der Waals surface area contributed by atoms with Crippen LogP contribution in [0.5, 0.6) is 0 Å². The van der Waals surface area contributed by atoms with Crippen LogP contribution in [0.1, 0.15) is 18.1 Å². The molecule has 3 aromatic carbocycles. The molecule has 0 atom stereocenters. The Balaban J connectivity index is 1.68. The van der Waals surface area contributed by atoms with Gasteiger partial charge in [-0.3, -0.25) is 19.1 Å². The predicted molar refractivity (Wildman–Crippen MR) is 127 cm³/mol. The van der Waals surface area contributed by atoms with Gasteiger partial charge in [-0.1, -0.05) is 72.8 Å². The highest BCUT2D eigenvalue weighted by molar-refractivity contribution is 5.97. The minimum absolute atomic E-state index is 0.00572. The van der Waals surface area contributed by atoms with Crippen molar-refractivity contribution in [2.45, 2.75) is 19.9 Å². The number of carbonyl (C=O) groups is 1. The number of nitrogen functional groups attached to an aromatic ring is 1. The first-order valence-corrected chi connectivity index (χ1v) is 10.4. The number of fused-ring (bicyclic) bond motifs is 1. The Labute approximate surface area is 184 Å². The molecule has 3 N–H and O–H groups in total. The molecule has 1 aromatic heterocycles. The van der Waals surface area contributed by atoms with Crippen LogP contribution in [0.4, 0.5) is 11.5 Å². The van der Waals surface area contributed by atoms with Crippen molar-refractivity contribution in [3.8, 4) is 0 Å². The Hall–Kier alpha value is -4.13. The second kappa shape index (κ2) is 8.93.